The summed E-state index contributed by atoms with van der Waals surface area (Å²) in [7, 11) is 0. The maximum Gasteiger partial charge on any atom is 0.237 e. The van der Waals surface area contributed by atoms with Crippen molar-refractivity contribution in [1.82, 2.24) is 4.98 Å². The average Bonchev–Trinajstić information content (AvgIpc) is 2.83. The second-order valence-corrected chi connectivity index (χ2v) is 5.74. The van der Waals surface area contributed by atoms with Crippen LogP contribution in [-0.2, 0) is 0 Å². The Morgan fingerprint density at radius 2 is 2.12 bits per heavy atom. The highest BCUT2D eigenvalue weighted by Crippen LogP contribution is 2.30. The van der Waals surface area contributed by atoms with Gasteiger partial charge >= 0.3 is 0 Å². The van der Waals surface area contributed by atoms with E-state index in [-0.39, 0.29) is 0 Å². The minimum Gasteiger partial charge on any atom is -0.435 e. The summed E-state index contributed by atoms with van der Waals surface area (Å²) in [4.78, 5) is 6.80. The maximum absolute atomic E-state index is 5.72. The first-order chi connectivity index (χ1) is 7.72. The molecule has 0 aliphatic carbocycles. The first kappa shape index (κ1) is 10.1. The van der Waals surface area contributed by atoms with E-state index < -0.39 is 0 Å². The van der Waals surface area contributed by atoms with Crippen LogP contribution in [-0.4, -0.2) is 4.98 Å². The summed E-state index contributed by atoms with van der Waals surface area (Å²) in [6.45, 7) is 2.08. The Morgan fingerprint density at radius 3 is 2.88 bits per heavy atom. The van der Waals surface area contributed by atoms with Crippen LogP contribution in [0, 0.1) is 6.92 Å². The first-order valence-corrected chi connectivity index (χ1v) is 6.46. The monoisotopic (exact) mass is 293 g/mol. The number of aromatic nitrogens is 1. The quantitative estimate of drug-likeness (QED) is 0.654. The van der Waals surface area contributed by atoms with E-state index in [1.54, 1.807) is 11.3 Å². The number of halogens is 1. The highest BCUT2D eigenvalue weighted by atomic mass is 79.9. The number of benzene rings is 1. The van der Waals surface area contributed by atoms with Gasteiger partial charge in [0.25, 0.3) is 0 Å². The van der Waals surface area contributed by atoms with Crippen LogP contribution in [0.3, 0.4) is 0 Å². The summed E-state index contributed by atoms with van der Waals surface area (Å²) in [5.74, 6) is 0.700. The third-order valence-electron chi connectivity index (χ3n) is 2.30. The van der Waals surface area contributed by atoms with Crippen LogP contribution in [0.1, 0.15) is 4.88 Å². The topological polar surface area (TPSA) is 26.0 Å². The summed E-state index contributed by atoms with van der Waals surface area (Å²) in [6.07, 6.45) is 0. The second-order valence-electron chi connectivity index (χ2n) is 3.54. The molecular weight excluding hydrogens is 286 g/mol. The molecule has 80 valence electrons. The first-order valence-electron chi connectivity index (χ1n) is 4.85. The number of hydrogen-bond acceptors (Lipinski definition) is 3. The molecule has 0 radical (unpaired) electrons. The number of aryl methyl sites for hydroxylation is 1. The van der Waals surface area contributed by atoms with Gasteiger partial charge in [0.1, 0.15) is 5.52 Å². The molecule has 0 fully saturated rings. The fourth-order valence-electron chi connectivity index (χ4n) is 1.55. The van der Waals surface area contributed by atoms with Crippen LogP contribution < -0.4 is 0 Å². The minimum absolute atomic E-state index is 0.700. The van der Waals surface area contributed by atoms with Crippen LogP contribution >= 0.6 is 27.3 Å². The van der Waals surface area contributed by atoms with E-state index in [9.17, 15) is 0 Å². The average molecular weight is 294 g/mol. The lowest BCUT2D eigenvalue weighted by molar-refractivity contribution is 0.621. The molecule has 1 aromatic carbocycles. The molecule has 2 nitrogen and oxygen atoms in total. The summed E-state index contributed by atoms with van der Waals surface area (Å²) in [6, 6.07) is 9.97. The summed E-state index contributed by atoms with van der Waals surface area (Å²) < 4.78 is 6.72. The minimum atomic E-state index is 0.700. The largest absolute Gasteiger partial charge is 0.435 e. The van der Waals surface area contributed by atoms with Crippen LogP contribution in [0.2, 0.25) is 0 Å². The van der Waals surface area contributed by atoms with Crippen molar-refractivity contribution < 1.29 is 4.42 Å². The van der Waals surface area contributed by atoms with E-state index in [0.29, 0.717) is 5.89 Å². The molecule has 0 bridgehead atoms. The molecule has 0 amide bonds. The molecule has 3 rings (SSSR count). The SMILES string of the molecule is Cc1ccc(-c2nc3ccc(Br)cc3o2)s1. The Morgan fingerprint density at radius 1 is 1.25 bits per heavy atom. The molecule has 0 unspecified atom stereocenters. The van der Waals surface area contributed by atoms with Crippen molar-refractivity contribution in [3.05, 3.63) is 39.7 Å². The van der Waals surface area contributed by atoms with Crippen molar-refractivity contribution >= 4 is 38.4 Å². The Labute approximate surface area is 105 Å². The van der Waals surface area contributed by atoms with Gasteiger partial charge in [0.15, 0.2) is 5.58 Å². The van der Waals surface area contributed by atoms with Crippen molar-refractivity contribution in [2.45, 2.75) is 6.92 Å². The summed E-state index contributed by atoms with van der Waals surface area (Å²) in [5.41, 5.74) is 1.71. The van der Waals surface area contributed by atoms with E-state index in [1.165, 1.54) is 4.88 Å². The number of oxazole rings is 1. The zero-order valence-corrected chi connectivity index (χ0v) is 10.9. The van der Waals surface area contributed by atoms with Crippen LogP contribution in [0.25, 0.3) is 21.9 Å². The third kappa shape index (κ3) is 1.68. The lowest BCUT2D eigenvalue weighted by Gasteiger charge is -1.86. The summed E-state index contributed by atoms with van der Waals surface area (Å²) in [5, 5.41) is 0. The predicted octanol–water partition coefficient (Wildman–Crippen LogP) is 4.63. The van der Waals surface area contributed by atoms with Gasteiger partial charge in [0.2, 0.25) is 5.89 Å². The van der Waals surface area contributed by atoms with Crippen LogP contribution in [0.15, 0.2) is 39.2 Å². The standard InChI is InChI=1S/C12H8BrNOS/c1-7-2-5-11(16-7)12-14-9-4-3-8(13)6-10(9)15-12/h2-6H,1H3. The number of thiophene rings is 1. The third-order valence-corrected chi connectivity index (χ3v) is 3.78. The zero-order chi connectivity index (χ0) is 11.1. The molecule has 0 aliphatic rings. The molecule has 2 aromatic heterocycles. The molecule has 16 heavy (non-hydrogen) atoms. The van der Waals surface area contributed by atoms with E-state index in [4.69, 9.17) is 4.42 Å². The predicted molar refractivity (Wildman–Crippen MR) is 69.8 cm³/mol. The Bertz CT molecular complexity index is 656. The Hall–Kier alpha value is -1.13. The molecule has 4 heteroatoms. The van der Waals surface area contributed by atoms with Gasteiger partial charge in [-0.25, -0.2) is 4.98 Å². The lowest BCUT2D eigenvalue weighted by atomic mass is 10.3. The molecular formula is C12H8BrNOS. The zero-order valence-electron chi connectivity index (χ0n) is 8.53. The molecule has 0 saturated carbocycles. The highest BCUT2D eigenvalue weighted by molar-refractivity contribution is 9.10. The molecule has 0 N–H and O–H groups in total. The van der Waals surface area contributed by atoms with E-state index in [1.807, 2.05) is 24.3 Å². The lowest BCUT2D eigenvalue weighted by Crippen LogP contribution is -1.69. The molecule has 0 spiro atoms. The molecule has 0 saturated heterocycles. The smallest absolute Gasteiger partial charge is 0.237 e. The van der Waals surface area contributed by atoms with Gasteiger partial charge in [-0.1, -0.05) is 15.9 Å². The van der Waals surface area contributed by atoms with E-state index in [2.05, 4.69) is 33.9 Å². The fourth-order valence-corrected chi connectivity index (χ4v) is 2.69. The molecule has 0 atom stereocenters. The number of nitrogens with zero attached hydrogens (tertiary/aromatic N) is 1. The van der Waals surface area contributed by atoms with Crippen molar-refractivity contribution in [3.63, 3.8) is 0 Å². The van der Waals surface area contributed by atoms with Gasteiger partial charge in [0.05, 0.1) is 4.88 Å². The fraction of sp³-hybridized carbons (Fsp3) is 0.0833. The number of rotatable bonds is 1. The van der Waals surface area contributed by atoms with Crippen molar-refractivity contribution in [2.24, 2.45) is 0 Å². The Balaban J connectivity index is 2.18. The molecule has 0 aliphatic heterocycles. The maximum atomic E-state index is 5.72. The van der Waals surface area contributed by atoms with Crippen LogP contribution in [0.5, 0.6) is 0 Å². The van der Waals surface area contributed by atoms with Gasteiger partial charge in [-0.15, -0.1) is 11.3 Å². The van der Waals surface area contributed by atoms with Crippen molar-refractivity contribution in [2.75, 3.05) is 0 Å². The van der Waals surface area contributed by atoms with Gasteiger partial charge in [-0.3, -0.25) is 0 Å². The highest BCUT2D eigenvalue weighted by Gasteiger charge is 2.09. The van der Waals surface area contributed by atoms with E-state index >= 15 is 0 Å². The molecule has 3 aromatic rings. The van der Waals surface area contributed by atoms with Crippen LogP contribution in [0.4, 0.5) is 0 Å². The Kier molecular flexibility index (Phi) is 2.33. The van der Waals surface area contributed by atoms with Crippen molar-refractivity contribution in [3.8, 4) is 10.8 Å². The van der Waals surface area contributed by atoms with E-state index in [0.717, 1.165) is 20.4 Å². The molecule has 2 heterocycles. The van der Waals surface area contributed by atoms with Gasteiger partial charge in [-0.05, 0) is 37.3 Å². The number of hydrogen-bond donors (Lipinski definition) is 0. The number of fused-ring (bicyclic) bond motifs is 1. The van der Waals surface area contributed by atoms with Gasteiger partial charge < -0.3 is 4.42 Å². The second kappa shape index (κ2) is 3.71. The van der Waals surface area contributed by atoms with Crippen molar-refractivity contribution in [1.29, 1.82) is 0 Å². The normalized spacial score (nSPS) is 11.1. The van der Waals surface area contributed by atoms with Gasteiger partial charge in [-0.2, -0.15) is 0 Å². The summed E-state index contributed by atoms with van der Waals surface area (Å²) >= 11 is 5.11. The van der Waals surface area contributed by atoms with Gasteiger partial charge in [0, 0.05) is 9.35 Å².